The van der Waals surface area contributed by atoms with Crippen LogP contribution in [-0.2, 0) is 16.0 Å². The van der Waals surface area contributed by atoms with Crippen LogP contribution < -0.4 is 9.47 Å². The zero-order valence-electron chi connectivity index (χ0n) is 21.8. The molecule has 1 atom stereocenters. The molecule has 2 aliphatic rings. The van der Waals surface area contributed by atoms with Crippen LogP contribution >= 0.6 is 0 Å². The van der Waals surface area contributed by atoms with Gasteiger partial charge in [-0.1, -0.05) is 13.3 Å². The number of rotatable bonds is 11. The first-order valence-corrected chi connectivity index (χ1v) is 12.8. The summed E-state index contributed by atoms with van der Waals surface area (Å²) in [4.78, 5) is 32.4. The van der Waals surface area contributed by atoms with Crippen molar-refractivity contribution in [3.8, 4) is 11.5 Å². The minimum Gasteiger partial charge on any atom is -0.496 e. The minimum atomic E-state index is -0.252. The first kappa shape index (κ1) is 27.2. The maximum atomic E-state index is 13.0. The van der Waals surface area contributed by atoms with Gasteiger partial charge in [0.2, 0.25) is 5.91 Å². The van der Waals surface area contributed by atoms with Crippen LogP contribution in [0.2, 0.25) is 0 Å². The van der Waals surface area contributed by atoms with E-state index in [1.165, 1.54) is 19.3 Å². The number of ketones is 1. The molecular weight excluding hydrogens is 446 g/mol. The summed E-state index contributed by atoms with van der Waals surface area (Å²) in [5.41, 5.74) is 1.43. The molecule has 194 valence electrons. The molecule has 0 bridgehead atoms. The Morgan fingerprint density at radius 1 is 1.09 bits per heavy atom. The number of methoxy groups -OCH3 is 1. The van der Waals surface area contributed by atoms with Crippen LogP contribution in [0.1, 0.15) is 42.6 Å². The smallest absolute Gasteiger partial charge is 0.246 e. The van der Waals surface area contributed by atoms with Crippen molar-refractivity contribution in [2.24, 2.45) is 0 Å². The van der Waals surface area contributed by atoms with E-state index in [4.69, 9.17) is 14.2 Å². The summed E-state index contributed by atoms with van der Waals surface area (Å²) < 4.78 is 17.2. The van der Waals surface area contributed by atoms with Gasteiger partial charge >= 0.3 is 0 Å². The number of likely N-dealkylation sites (N-methyl/N-ethyl adjacent to an activating group) is 1. The van der Waals surface area contributed by atoms with Crippen molar-refractivity contribution in [3.63, 3.8) is 0 Å². The average Bonchev–Trinajstić information content (AvgIpc) is 2.87. The number of aryl methyl sites for hydroxylation is 1. The molecule has 2 fully saturated rings. The lowest BCUT2D eigenvalue weighted by molar-refractivity contribution is -0.134. The van der Waals surface area contributed by atoms with Gasteiger partial charge in [0.05, 0.1) is 32.0 Å². The van der Waals surface area contributed by atoms with Gasteiger partial charge in [-0.3, -0.25) is 14.5 Å². The molecule has 35 heavy (non-hydrogen) atoms. The maximum Gasteiger partial charge on any atom is 0.246 e. The Bertz CT molecular complexity index is 880. The average molecular weight is 488 g/mol. The number of morpholine rings is 1. The van der Waals surface area contributed by atoms with Crippen LogP contribution in [0.4, 0.5) is 0 Å². The lowest BCUT2D eigenvalue weighted by Gasteiger charge is -2.38. The summed E-state index contributed by atoms with van der Waals surface area (Å²) in [5.74, 6) is 0.780. The second kappa shape index (κ2) is 13.6. The predicted molar refractivity (Wildman–Crippen MR) is 137 cm³/mol. The SMILES string of the molecule is CCCCc1cc(C(=O)C=CC(=O)N2CCOC(CN3CCN(C)CC3)C2)c(OC)cc1OCC. The number of hydrogen-bond acceptors (Lipinski definition) is 7. The molecule has 1 amide bonds. The van der Waals surface area contributed by atoms with Gasteiger partial charge in [0.15, 0.2) is 5.78 Å². The number of carbonyl (C=O) groups is 2. The molecule has 0 radical (unpaired) electrons. The molecule has 0 spiro atoms. The molecule has 3 rings (SSSR count). The monoisotopic (exact) mass is 487 g/mol. The van der Waals surface area contributed by atoms with Gasteiger partial charge in [-0.2, -0.15) is 0 Å². The summed E-state index contributed by atoms with van der Waals surface area (Å²) >= 11 is 0. The Morgan fingerprint density at radius 3 is 2.54 bits per heavy atom. The summed E-state index contributed by atoms with van der Waals surface area (Å²) in [7, 11) is 3.67. The normalized spacial score (nSPS) is 19.8. The fourth-order valence-corrected chi connectivity index (χ4v) is 4.51. The quantitative estimate of drug-likeness (QED) is 0.351. The van der Waals surface area contributed by atoms with Gasteiger partial charge in [-0.05, 0) is 44.5 Å². The Morgan fingerprint density at radius 2 is 1.86 bits per heavy atom. The van der Waals surface area contributed by atoms with Crippen LogP contribution in [0, 0.1) is 0 Å². The Labute approximate surface area is 209 Å². The van der Waals surface area contributed by atoms with Crippen molar-refractivity contribution < 1.29 is 23.8 Å². The van der Waals surface area contributed by atoms with E-state index >= 15 is 0 Å². The molecule has 2 heterocycles. The third kappa shape index (κ3) is 7.78. The van der Waals surface area contributed by atoms with E-state index in [9.17, 15) is 9.59 Å². The highest BCUT2D eigenvalue weighted by atomic mass is 16.5. The van der Waals surface area contributed by atoms with Crippen molar-refractivity contribution in [1.82, 2.24) is 14.7 Å². The second-order valence-electron chi connectivity index (χ2n) is 9.28. The van der Waals surface area contributed by atoms with E-state index in [1.807, 2.05) is 13.0 Å². The number of piperazine rings is 1. The lowest BCUT2D eigenvalue weighted by atomic mass is 10.0. The number of benzene rings is 1. The van der Waals surface area contributed by atoms with Gasteiger partial charge in [0.1, 0.15) is 11.5 Å². The molecule has 1 unspecified atom stereocenters. The third-order valence-electron chi connectivity index (χ3n) is 6.63. The molecule has 0 aliphatic carbocycles. The van der Waals surface area contributed by atoms with Crippen LogP contribution in [0.5, 0.6) is 11.5 Å². The topological polar surface area (TPSA) is 71.6 Å². The van der Waals surface area contributed by atoms with E-state index in [2.05, 4.69) is 23.8 Å². The molecule has 1 aromatic carbocycles. The molecule has 2 aliphatic heterocycles. The van der Waals surface area contributed by atoms with Crippen LogP contribution in [0.3, 0.4) is 0 Å². The molecule has 8 heteroatoms. The zero-order valence-corrected chi connectivity index (χ0v) is 21.8. The molecule has 0 aromatic heterocycles. The molecule has 0 N–H and O–H groups in total. The highest BCUT2D eigenvalue weighted by molar-refractivity contribution is 6.09. The van der Waals surface area contributed by atoms with E-state index in [0.717, 1.165) is 63.3 Å². The van der Waals surface area contributed by atoms with E-state index in [0.29, 0.717) is 37.6 Å². The molecule has 2 saturated heterocycles. The van der Waals surface area contributed by atoms with Gasteiger partial charge in [-0.25, -0.2) is 0 Å². The standard InChI is InChI=1S/C27H41N3O5/c1-5-7-8-21-17-23(26(33-4)18-25(21)34-6-2)24(31)9-10-27(32)30-15-16-35-22(20-30)19-29-13-11-28(3)12-14-29/h9-10,17-18,22H,5-8,11-16,19-20H2,1-4H3. The van der Waals surface area contributed by atoms with Crippen LogP contribution in [0.25, 0.3) is 0 Å². The number of amides is 1. The number of unbranched alkanes of at least 4 members (excludes halogenated alkanes) is 1. The second-order valence-corrected chi connectivity index (χ2v) is 9.28. The zero-order chi connectivity index (χ0) is 25.2. The first-order chi connectivity index (χ1) is 16.9. The molecular formula is C27H41N3O5. The third-order valence-corrected chi connectivity index (χ3v) is 6.63. The fraction of sp³-hybridized carbons (Fsp3) is 0.630. The van der Waals surface area contributed by atoms with E-state index in [1.54, 1.807) is 11.0 Å². The maximum absolute atomic E-state index is 13.0. The number of carbonyl (C=O) groups excluding carboxylic acids is 2. The summed E-state index contributed by atoms with van der Waals surface area (Å²) in [6.07, 6.45) is 5.59. The first-order valence-electron chi connectivity index (χ1n) is 12.8. The van der Waals surface area contributed by atoms with Crippen molar-refractivity contribution in [3.05, 3.63) is 35.4 Å². The van der Waals surface area contributed by atoms with Crippen molar-refractivity contribution in [2.75, 3.05) is 73.2 Å². The fourth-order valence-electron chi connectivity index (χ4n) is 4.51. The van der Waals surface area contributed by atoms with Crippen molar-refractivity contribution in [1.29, 1.82) is 0 Å². The highest BCUT2D eigenvalue weighted by Gasteiger charge is 2.26. The van der Waals surface area contributed by atoms with E-state index in [-0.39, 0.29) is 17.8 Å². The van der Waals surface area contributed by atoms with Gasteiger partial charge in [-0.15, -0.1) is 0 Å². The van der Waals surface area contributed by atoms with Crippen molar-refractivity contribution in [2.45, 2.75) is 39.2 Å². The minimum absolute atomic E-state index is 0.00691. The van der Waals surface area contributed by atoms with Crippen molar-refractivity contribution >= 4 is 11.7 Å². The Kier molecular flexibility index (Phi) is 10.6. The van der Waals surface area contributed by atoms with Crippen LogP contribution in [-0.4, -0.2) is 106 Å². The molecule has 1 aromatic rings. The van der Waals surface area contributed by atoms with Crippen LogP contribution in [0.15, 0.2) is 24.3 Å². The van der Waals surface area contributed by atoms with Gasteiger partial charge < -0.3 is 24.0 Å². The summed E-state index contributed by atoms with van der Waals surface area (Å²) in [6, 6.07) is 3.62. The number of ether oxygens (including phenoxy) is 3. The lowest BCUT2D eigenvalue weighted by Crippen LogP contribution is -2.52. The molecule has 0 saturated carbocycles. The number of allylic oxidation sites excluding steroid dienone is 1. The number of nitrogens with zero attached hydrogens (tertiary/aromatic N) is 3. The summed E-state index contributed by atoms with van der Waals surface area (Å²) in [6.45, 7) is 11.2. The highest BCUT2D eigenvalue weighted by Crippen LogP contribution is 2.31. The Balaban J connectivity index is 1.64. The number of hydrogen-bond donors (Lipinski definition) is 0. The summed E-state index contributed by atoms with van der Waals surface area (Å²) in [5, 5.41) is 0. The van der Waals surface area contributed by atoms with Gasteiger partial charge in [0.25, 0.3) is 0 Å². The van der Waals surface area contributed by atoms with Gasteiger partial charge in [0, 0.05) is 58.0 Å². The predicted octanol–water partition coefficient (Wildman–Crippen LogP) is 2.65. The van der Waals surface area contributed by atoms with E-state index < -0.39 is 0 Å². The largest absolute Gasteiger partial charge is 0.496 e. The Hall–Kier alpha value is -2.42. The molecule has 8 nitrogen and oxygen atoms in total.